The number of ether oxygens (including phenoxy) is 2. The van der Waals surface area contributed by atoms with E-state index in [1.807, 2.05) is 6.92 Å². The van der Waals surface area contributed by atoms with Crippen LogP contribution in [0.5, 0.6) is 0 Å². The van der Waals surface area contributed by atoms with E-state index in [1.165, 1.54) is 23.9 Å². The molecular formula is C33H50FNO7SSi3. The van der Waals surface area contributed by atoms with Crippen LogP contribution in [-0.4, -0.2) is 73.8 Å². The van der Waals surface area contributed by atoms with Crippen molar-refractivity contribution >= 4 is 54.3 Å². The molecule has 1 amide bonds. The minimum Gasteiger partial charge on any atom is -0.459 e. The number of halogens is 1. The number of thioether (sulfide) groups is 1. The zero-order valence-electron chi connectivity index (χ0n) is 29.0. The van der Waals surface area contributed by atoms with Crippen molar-refractivity contribution < 1.29 is 36.7 Å². The summed E-state index contributed by atoms with van der Waals surface area (Å²) in [7, 11) is -6.04. The summed E-state index contributed by atoms with van der Waals surface area (Å²) >= 11 is 1.49. The molecule has 2 saturated heterocycles. The van der Waals surface area contributed by atoms with Crippen molar-refractivity contribution in [2.75, 3.05) is 17.3 Å². The van der Waals surface area contributed by atoms with Crippen LogP contribution in [0.25, 0.3) is 0 Å². The van der Waals surface area contributed by atoms with E-state index < -0.39 is 43.3 Å². The van der Waals surface area contributed by atoms with Crippen LogP contribution >= 0.6 is 11.8 Å². The van der Waals surface area contributed by atoms with Gasteiger partial charge in [0.05, 0.1) is 23.5 Å². The Morgan fingerprint density at radius 1 is 0.913 bits per heavy atom. The Hall–Kier alpha value is -1.85. The molecule has 0 spiro atoms. The highest BCUT2D eigenvalue weighted by Crippen LogP contribution is 2.43. The van der Waals surface area contributed by atoms with E-state index in [1.54, 1.807) is 35.2 Å². The summed E-state index contributed by atoms with van der Waals surface area (Å²) in [6, 6.07) is 11.4. The molecule has 0 aromatic heterocycles. The van der Waals surface area contributed by atoms with E-state index in [4.69, 9.17) is 22.8 Å². The lowest BCUT2D eigenvalue weighted by Gasteiger charge is -2.49. The number of anilines is 1. The predicted octanol–water partition coefficient (Wildman–Crippen LogP) is 7.72. The number of esters is 1. The highest BCUT2D eigenvalue weighted by molar-refractivity contribution is 8.00. The smallest absolute Gasteiger partial charge is 0.338 e. The van der Waals surface area contributed by atoms with Gasteiger partial charge in [0, 0.05) is 11.6 Å². The second-order valence-corrected chi connectivity index (χ2v) is 29.6. The van der Waals surface area contributed by atoms with Crippen molar-refractivity contribution in [1.82, 2.24) is 0 Å². The zero-order chi connectivity index (χ0) is 34.2. The quantitative estimate of drug-likeness (QED) is 0.174. The number of benzene rings is 2. The molecule has 254 valence electrons. The van der Waals surface area contributed by atoms with Crippen LogP contribution < -0.4 is 4.90 Å². The van der Waals surface area contributed by atoms with E-state index in [9.17, 15) is 14.0 Å². The van der Waals surface area contributed by atoms with Crippen LogP contribution in [0.15, 0.2) is 42.5 Å². The molecule has 2 unspecified atom stereocenters. The summed E-state index contributed by atoms with van der Waals surface area (Å²) in [5, 5.41) is -0.277. The standard InChI is InChI=1S/C33H50FNO7SSi3/c1-21-18-24(14-17-26(21)35-28(36)20-43-31(35)23-12-15-25(34)16-13-23)32(37)38-19-27-22(2)29(40-44(3,4)5)30(41-45(6,7)8)33(39-27)42-46(9,10)11/h12-18,22,27,29-31,33H,19-20H2,1-11H3/t22-,27-,29+,30-,31?,33?/m1/s1. The molecule has 0 saturated carbocycles. The van der Waals surface area contributed by atoms with Gasteiger partial charge < -0.3 is 22.8 Å². The van der Waals surface area contributed by atoms with Crippen LogP contribution in [0, 0.1) is 18.7 Å². The number of hydrogen-bond donors (Lipinski definition) is 0. The third kappa shape index (κ3) is 9.62. The Bertz CT molecular complexity index is 1390. The highest BCUT2D eigenvalue weighted by Gasteiger charge is 2.50. The fourth-order valence-electron chi connectivity index (χ4n) is 5.64. The number of carbonyl (C=O) groups excluding carboxylic acids is 2. The number of rotatable bonds is 11. The van der Waals surface area contributed by atoms with Gasteiger partial charge in [-0.05, 0) is 107 Å². The monoisotopic (exact) mass is 707 g/mol. The Morgan fingerprint density at radius 3 is 2.07 bits per heavy atom. The van der Waals surface area contributed by atoms with Gasteiger partial charge in [0.15, 0.2) is 31.2 Å². The molecule has 2 aliphatic rings. The molecule has 2 fully saturated rings. The van der Waals surface area contributed by atoms with E-state index in [-0.39, 0.29) is 41.8 Å². The third-order valence-corrected chi connectivity index (χ3v) is 11.7. The molecule has 4 rings (SSSR count). The predicted molar refractivity (Wildman–Crippen MR) is 189 cm³/mol. The normalized spacial score (nSPS) is 26.0. The number of aryl methyl sites for hydroxylation is 1. The lowest BCUT2D eigenvalue weighted by atomic mass is 9.91. The molecule has 0 N–H and O–H groups in total. The van der Waals surface area contributed by atoms with Gasteiger partial charge >= 0.3 is 5.97 Å². The maximum Gasteiger partial charge on any atom is 0.338 e. The van der Waals surface area contributed by atoms with Crippen molar-refractivity contribution in [3.8, 4) is 0 Å². The van der Waals surface area contributed by atoms with Crippen LogP contribution in [0.4, 0.5) is 10.1 Å². The second-order valence-electron chi connectivity index (χ2n) is 15.1. The first-order chi connectivity index (χ1) is 21.2. The van der Waals surface area contributed by atoms with Gasteiger partial charge in [-0.3, -0.25) is 9.69 Å². The van der Waals surface area contributed by atoms with Crippen molar-refractivity contribution in [3.63, 3.8) is 0 Å². The van der Waals surface area contributed by atoms with Gasteiger partial charge in [0.25, 0.3) is 0 Å². The fourth-order valence-corrected chi connectivity index (χ4v) is 9.92. The lowest BCUT2D eigenvalue weighted by Crippen LogP contribution is -2.62. The Morgan fingerprint density at radius 2 is 1.50 bits per heavy atom. The molecule has 2 aromatic carbocycles. The van der Waals surface area contributed by atoms with Gasteiger partial charge in [-0.2, -0.15) is 0 Å². The number of hydrogen-bond acceptors (Lipinski definition) is 8. The molecule has 2 aromatic rings. The minimum absolute atomic E-state index is 0.0332. The van der Waals surface area contributed by atoms with Crippen molar-refractivity contribution in [1.29, 1.82) is 0 Å². The molecular weight excluding hydrogens is 658 g/mol. The van der Waals surface area contributed by atoms with E-state index >= 15 is 0 Å². The maximum absolute atomic E-state index is 13.6. The molecule has 6 atom stereocenters. The molecule has 0 radical (unpaired) electrons. The summed E-state index contributed by atoms with van der Waals surface area (Å²) in [5.41, 5.74) is 2.69. The summed E-state index contributed by atoms with van der Waals surface area (Å²) in [4.78, 5) is 28.0. The fraction of sp³-hybridized carbons (Fsp3) is 0.576. The third-order valence-electron chi connectivity index (χ3n) is 7.55. The average Bonchev–Trinajstić information content (AvgIpc) is 3.30. The first-order valence-corrected chi connectivity index (χ1v) is 27.2. The molecule has 2 heterocycles. The molecule has 46 heavy (non-hydrogen) atoms. The lowest BCUT2D eigenvalue weighted by molar-refractivity contribution is -0.255. The van der Waals surface area contributed by atoms with Crippen LogP contribution in [-0.2, 0) is 27.5 Å². The van der Waals surface area contributed by atoms with Crippen molar-refractivity contribution in [2.45, 2.75) is 103 Å². The van der Waals surface area contributed by atoms with Gasteiger partial charge in [-0.1, -0.05) is 19.1 Å². The van der Waals surface area contributed by atoms with E-state index in [2.05, 4.69) is 65.8 Å². The Kier molecular flexibility index (Phi) is 11.5. The average molecular weight is 708 g/mol. The van der Waals surface area contributed by atoms with Crippen molar-refractivity contribution in [2.24, 2.45) is 5.92 Å². The SMILES string of the molecule is Cc1cc(C(=O)OC[C@H]2OC(O[Si](C)(C)C)[C@H](O[Si](C)(C)C)[C@@H](O[Si](C)(C)C)[C@@H]2C)ccc1N1C(=O)CSC1c1ccc(F)cc1. The van der Waals surface area contributed by atoms with Gasteiger partial charge in [0.1, 0.15) is 23.9 Å². The van der Waals surface area contributed by atoms with E-state index in [0.29, 0.717) is 17.0 Å². The van der Waals surface area contributed by atoms with Crippen molar-refractivity contribution in [3.05, 3.63) is 65.0 Å². The van der Waals surface area contributed by atoms with Gasteiger partial charge in [-0.25, -0.2) is 9.18 Å². The minimum atomic E-state index is -2.04. The van der Waals surface area contributed by atoms with Gasteiger partial charge in [-0.15, -0.1) is 11.8 Å². The summed E-state index contributed by atoms with van der Waals surface area (Å²) in [6.45, 7) is 23.2. The molecule has 0 bridgehead atoms. The molecule has 13 heteroatoms. The molecule has 8 nitrogen and oxygen atoms in total. The van der Waals surface area contributed by atoms with Crippen LogP contribution in [0.1, 0.15) is 33.8 Å². The summed E-state index contributed by atoms with van der Waals surface area (Å²) in [5.74, 6) is -0.640. The Balaban J connectivity index is 1.52. The molecule has 2 aliphatic heterocycles. The van der Waals surface area contributed by atoms with Crippen LogP contribution in [0.2, 0.25) is 58.9 Å². The van der Waals surface area contributed by atoms with E-state index in [0.717, 1.165) is 11.1 Å². The Labute approximate surface area is 281 Å². The van der Waals surface area contributed by atoms with Gasteiger partial charge in [0.2, 0.25) is 5.91 Å². The maximum atomic E-state index is 13.6. The number of amides is 1. The number of nitrogens with zero attached hydrogens (tertiary/aromatic N) is 1. The summed E-state index contributed by atoms with van der Waals surface area (Å²) < 4.78 is 45.9. The van der Waals surface area contributed by atoms with Crippen LogP contribution in [0.3, 0.4) is 0 Å². The highest BCUT2D eigenvalue weighted by atomic mass is 32.2. The zero-order valence-corrected chi connectivity index (χ0v) is 32.8. The largest absolute Gasteiger partial charge is 0.459 e. The molecule has 0 aliphatic carbocycles. The number of carbonyl (C=O) groups is 2. The summed E-state index contributed by atoms with van der Waals surface area (Å²) in [6.07, 6.45) is -1.74. The second kappa shape index (κ2) is 14.3. The first-order valence-electron chi connectivity index (χ1n) is 15.9. The topological polar surface area (TPSA) is 83.5 Å². The first kappa shape index (κ1) is 37.0.